The molecule has 6 amide bonds. The van der Waals surface area contributed by atoms with E-state index in [4.69, 9.17) is 4.74 Å². The molecule has 9 rings (SSSR count). The fourth-order valence-corrected chi connectivity index (χ4v) is 9.41. The predicted molar refractivity (Wildman–Crippen MR) is 240 cm³/mol. The highest BCUT2D eigenvalue weighted by atomic mass is 32.1. The number of halogens is 1. The van der Waals surface area contributed by atoms with E-state index >= 15 is 0 Å². The van der Waals surface area contributed by atoms with Gasteiger partial charge in [-0.2, -0.15) is 0 Å². The normalized spacial score (nSPS) is 18.6. The number of aliphatic hydroxyl groups excluding tert-OH is 1. The van der Waals surface area contributed by atoms with Crippen LogP contribution in [0, 0.1) is 5.82 Å². The van der Waals surface area contributed by atoms with Crippen LogP contribution in [0.15, 0.2) is 90.4 Å². The number of piperazine rings is 1. The quantitative estimate of drug-likeness (QED) is 0.0777. The number of fused-ring (bicyclic) bond motifs is 2. The van der Waals surface area contributed by atoms with Crippen molar-refractivity contribution < 1.29 is 48.1 Å². The fraction of sp³-hybridized carbons (Fsp3) is 0.298. The van der Waals surface area contributed by atoms with Crippen LogP contribution >= 0.6 is 11.3 Å². The highest BCUT2D eigenvalue weighted by Gasteiger charge is 2.46. The molecule has 340 valence electrons. The van der Waals surface area contributed by atoms with Crippen molar-refractivity contribution >= 4 is 63.3 Å². The molecule has 0 aliphatic carbocycles. The van der Waals surface area contributed by atoms with E-state index in [1.165, 1.54) is 22.4 Å². The van der Waals surface area contributed by atoms with Gasteiger partial charge in [0.05, 0.1) is 30.8 Å². The summed E-state index contributed by atoms with van der Waals surface area (Å²) in [6, 6.07) is 19.3. The Hall–Kier alpha value is -7.22. The first kappa shape index (κ1) is 44.0. The molecule has 4 aliphatic heterocycles. The number of aliphatic hydroxyl groups is 1. The molecular weight excluding hydrogens is 872 g/mol. The van der Waals surface area contributed by atoms with Crippen molar-refractivity contribution in [3.05, 3.63) is 124 Å². The van der Waals surface area contributed by atoms with Crippen LogP contribution in [0.3, 0.4) is 0 Å². The second kappa shape index (κ2) is 18.7. The zero-order chi connectivity index (χ0) is 46.1. The highest BCUT2D eigenvalue weighted by molar-refractivity contribution is 7.13. The van der Waals surface area contributed by atoms with E-state index in [1.54, 1.807) is 29.6 Å². The zero-order valence-corrected chi connectivity index (χ0v) is 36.3. The number of piperidine rings is 1. The number of nitrogens with one attached hydrogen (secondary N) is 3. The SMILES string of the molecule is O=C(Nc1nccs1)C(c1cc(F)ccc1O)N1Cc2ccc(-c3ccc(N4CCN(C(=O)CCOCCNc5cccc6c5C(=O)N(C5CCC(O)NC5=O)C6=O)CC4)cc3)cc2C1=O. The number of imide groups is 1. The van der Waals surface area contributed by atoms with Gasteiger partial charge in [0.2, 0.25) is 11.8 Å². The molecule has 0 radical (unpaired) electrons. The van der Waals surface area contributed by atoms with E-state index in [1.807, 2.05) is 41.3 Å². The van der Waals surface area contributed by atoms with Crippen molar-refractivity contribution in [1.29, 1.82) is 0 Å². The molecule has 5 heterocycles. The van der Waals surface area contributed by atoms with E-state index in [9.17, 15) is 43.4 Å². The largest absolute Gasteiger partial charge is 0.508 e. The third-order valence-corrected chi connectivity index (χ3v) is 12.9. The molecule has 19 heteroatoms. The first-order valence-electron chi connectivity index (χ1n) is 21.5. The number of phenolic OH excluding ortho intramolecular Hbond substituents is 1. The van der Waals surface area contributed by atoms with E-state index in [2.05, 4.69) is 25.8 Å². The molecule has 4 aliphatic rings. The summed E-state index contributed by atoms with van der Waals surface area (Å²) >= 11 is 1.19. The van der Waals surface area contributed by atoms with Gasteiger partial charge >= 0.3 is 0 Å². The van der Waals surface area contributed by atoms with Crippen LogP contribution in [-0.4, -0.2) is 124 Å². The average Bonchev–Trinajstić information content (AvgIpc) is 4.02. The van der Waals surface area contributed by atoms with Crippen molar-refractivity contribution in [2.75, 3.05) is 61.5 Å². The molecule has 3 atom stereocenters. The number of anilines is 3. The maximum absolute atomic E-state index is 14.4. The summed E-state index contributed by atoms with van der Waals surface area (Å²) < 4.78 is 20.2. The maximum Gasteiger partial charge on any atom is 0.264 e. The Morgan fingerprint density at radius 3 is 2.44 bits per heavy atom. The number of hydrogen-bond acceptors (Lipinski definition) is 13. The van der Waals surface area contributed by atoms with Gasteiger partial charge in [-0.3, -0.25) is 39.0 Å². The first-order valence-corrected chi connectivity index (χ1v) is 22.4. The topological polar surface area (TPSA) is 214 Å². The van der Waals surface area contributed by atoms with Gasteiger partial charge in [0.25, 0.3) is 23.6 Å². The standard InChI is InChI=1S/C47H45FN8O9S/c48-30-8-12-37(57)34(25-30)41(43(61)52-47-50-16-23-66-47)55-26-29-5-4-28(24-33(29)44(55)62)27-6-9-31(10-7-27)53-17-19-54(20-18-53)39(59)14-21-65-22-15-49-35-3-1-2-32-40(35)46(64)56(45(32)63)36-11-13-38(58)51-42(36)60/h1-10,12,16,23-25,36,38,41,49,57-58H,11,13-15,17-22,26H2,(H,51,60)(H,50,52,61). The van der Waals surface area contributed by atoms with Gasteiger partial charge in [0.15, 0.2) is 5.13 Å². The first-order chi connectivity index (χ1) is 31.9. The minimum atomic E-state index is -1.33. The summed E-state index contributed by atoms with van der Waals surface area (Å²) in [6.45, 7) is 3.15. The van der Waals surface area contributed by atoms with Gasteiger partial charge in [0, 0.05) is 73.3 Å². The lowest BCUT2D eigenvalue weighted by Crippen LogP contribution is -2.55. The molecule has 3 unspecified atom stereocenters. The molecule has 4 aromatic carbocycles. The number of carbonyl (C=O) groups is 6. The minimum Gasteiger partial charge on any atom is -0.508 e. The summed E-state index contributed by atoms with van der Waals surface area (Å²) in [7, 11) is 0. The molecule has 5 N–H and O–H groups in total. The number of phenols is 1. The number of rotatable bonds is 14. The van der Waals surface area contributed by atoms with E-state index in [-0.39, 0.29) is 67.4 Å². The van der Waals surface area contributed by atoms with Crippen LogP contribution in [-0.2, 0) is 25.7 Å². The number of carbonyl (C=O) groups excluding carboxylic acids is 6. The Bertz CT molecular complexity index is 2710. The molecule has 0 bridgehead atoms. The Labute approximate surface area is 381 Å². The summed E-state index contributed by atoms with van der Waals surface area (Å²) in [5.74, 6) is -3.77. The number of benzene rings is 4. The smallest absolute Gasteiger partial charge is 0.264 e. The minimum absolute atomic E-state index is 0.0220. The predicted octanol–water partition coefficient (Wildman–Crippen LogP) is 4.35. The molecule has 0 spiro atoms. The number of amides is 6. The molecule has 66 heavy (non-hydrogen) atoms. The molecule has 0 saturated carbocycles. The van der Waals surface area contributed by atoms with Crippen LogP contribution in [0.25, 0.3) is 11.1 Å². The van der Waals surface area contributed by atoms with Gasteiger partial charge in [-0.15, -0.1) is 11.3 Å². The van der Waals surface area contributed by atoms with Crippen LogP contribution in [0.4, 0.5) is 20.9 Å². The fourth-order valence-electron chi connectivity index (χ4n) is 8.88. The lowest BCUT2D eigenvalue weighted by atomic mass is 10.00. The van der Waals surface area contributed by atoms with Crippen molar-refractivity contribution in [3.8, 4) is 16.9 Å². The molecule has 2 saturated heterocycles. The lowest BCUT2D eigenvalue weighted by Gasteiger charge is -2.36. The highest BCUT2D eigenvalue weighted by Crippen LogP contribution is 2.38. The van der Waals surface area contributed by atoms with Crippen LogP contribution in [0.5, 0.6) is 5.75 Å². The summed E-state index contributed by atoms with van der Waals surface area (Å²) in [5, 5.41) is 30.6. The third-order valence-electron chi connectivity index (χ3n) is 12.3. The molecular formula is C47H45FN8O9S. The van der Waals surface area contributed by atoms with Crippen molar-refractivity contribution in [1.82, 2.24) is 25.0 Å². The Kier molecular flexibility index (Phi) is 12.5. The lowest BCUT2D eigenvalue weighted by molar-refractivity contribution is -0.133. The summed E-state index contributed by atoms with van der Waals surface area (Å²) in [5.41, 5.74) is 4.52. The van der Waals surface area contributed by atoms with E-state index in [0.717, 1.165) is 39.9 Å². The van der Waals surface area contributed by atoms with Crippen LogP contribution in [0.1, 0.15) is 67.5 Å². The summed E-state index contributed by atoms with van der Waals surface area (Å²) in [6.07, 6.45) is 1.11. The monoisotopic (exact) mass is 916 g/mol. The Morgan fingerprint density at radius 2 is 1.68 bits per heavy atom. The van der Waals surface area contributed by atoms with Gasteiger partial charge in [-0.1, -0.05) is 30.3 Å². The van der Waals surface area contributed by atoms with Gasteiger partial charge in [-0.05, 0) is 78.1 Å². The van der Waals surface area contributed by atoms with Gasteiger partial charge in [0.1, 0.15) is 29.9 Å². The van der Waals surface area contributed by atoms with E-state index in [0.29, 0.717) is 54.7 Å². The van der Waals surface area contributed by atoms with E-state index < -0.39 is 53.7 Å². The van der Waals surface area contributed by atoms with Crippen molar-refractivity contribution in [2.24, 2.45) is 0 Å². The second-order valence-electron chi connectivity index (χ2n) is 16.3. The molecule has 1 aromatic heterocycles. The van der Waals surface area contributed by atoms with Crippen molar-refractivity contribution in [2.45, 2.75) is 44.1 Å². The number of nitrogens with zero attached hydrogens (tertiary/aromatic N) is 5. The van der Waals surface area contributed by atoms with Gasteiger partial charge < -0.3 is 40.3 Å². The molecule has 17 nitrogen and oxygen atoms in total. The van der Waals surface area contributed by atoms with Gasteiger partial charge in [-0.25, -0.2) is 9.37 Å². The van der Waals surface area contributed by atoms with Crippen LogP contribution in [0.2, 0.25) is 0 Å². The maximum atomic E-state index is 14.4. The number of aromatic nitrogens is 1. The average molecular weight is 917 g/mol. The molecule has 5 aromatic rings. The number of ether oxygens (including phenoxy) is 1. The Morgan fingerprint density at radius 1 is 0.894 bits per heavy atom. The second-order valence-corrected chi connectivity index (χ2v) is 17.2. The summed E-state index contributed by atoms with van der Waals surface area (Å²) in [4.78, 5) is 90.0. The number of thiazole rings is 1. The van der Waals surface area contributed by atoms with Crippen LogP contribution < -0.4 is 20.9 Å². The third kappa shape index (κ3) is 8.79. The van der Waals surface area contributed by atoms with Crippen molar-refractivity contribution in [3.63, 3.8) is 0 Å². The number of hydrogen-bond donors (Lipinski definition) is 5. The Balaban J connectivity index is 0.741. The number of aromatic hydroxyl groups is 1. The molecule has 2 fully saturated rings. The zero-order valence-electron chi connectivity index (χ0n) is 35.4.